The molecule has 0 saturated heterocycles. The Morgan fingerprint density at radius 2 is 1.83 bits per heavy atom. The zero-order chi connectivity index (χ0) is 29.7. The summed E-state index contributed by atoms with van der Waals surface area (Å²) >= 11 is 0. The molecule has 1 heterocycles. The molecule has 0 radical (unpaired) electrons. The number of hydrogen-bond donors (Lipinski definition) is 2. The van der Waals surface area contributed by atoms with Crippen LogP contribution in [0.5, 0.6) is 5.75 Å². The number of nitrogens with zero attached hydrogens (tertiary/aromatic N) is 2. The van der Waals surface area contributed by atoms with Crippen molar-refractivity contribution in [3.05, 3.63) is 59.2 Å². The summed E-state index contributed by atoms with van der Waals surface area (Å²) in [6, 6.07) is 9.80. The fourth-order valence-electron chi connectivity index (χ4n) is 5.64. The number of nitrogens with one attached hydrogen (secondary N) is 1. The van der Waals surface area contributed by atoms with E-state index in [1.165, 1.54) is 12.1 Å². The van der Waals surface area contributed by atoms with E-state index in [2.05, 4.69) is 5.32 Å². The quantitative estimate of drug-likeness (QED) is 0.430. The van der Waals surface area contributed by atoms with Crippen LogP contribution < -0.4 is 10.1 Å². The Morgan fingerprint density at radius 1 is 1.15 bits per heavy atom. The number of aliphatic hydroxyl groups excluding tert-OH is 1. The van der Waals surface area contributed by atoms with E-state index in [-0.39, 0.29) is 30.3 Å². The molecule has 224 valence electrons. The van der Waals surface area contributed by atoms with Gasteiger partial charge in [-0.15, -0.1) is 0 Å². The fourth-order valence-corrected chi connectivity index (χ4v) is 5.64. The van der Waals surface area contributed by atoms with Crippen LogP contribution in [0, 0.1) is 11.8 Å². The minimum absolute atomic E-state index is 0.0826. The number of halogens is 3. The molecule has 3 atom stereocenters. The molecule has 41 heavy (non-hydrogen) atoms. The molecular weight excluding hydrogens is 535 g/mol. The van der Waals surface area contributed by atoms with Crippen molar-refractivity contribution >= 4 is 17.5 Å². The van der Waals surface area contributed by atoms with Gasteiger partial charge in [0.15, 0.2) is 5.75 Å². The number of hydrogen-bond acceptors (Lipinski definition) is 5. The van der Waals surface area contributed by atoms with Gasteiger partial charge in [0.25, 0.3) is 5.91 Å². The van der Waals surface area contributed by atoms with Gasteiger partial charge in [0.1, 0.15) is 6.10 Å². The van der Waals surface area contributed by atoms with Crippen LogP contribution in [0.25, 0.3) is 0 Å². The number of anilines is 1. The predicted molar refractivity (Wildman–Crippen MR) is 151 cm³/mol. The van der Waals surface area contributed by atoms with Gasteiger partial charge in [-0.2, -0.15) is 13.2 Å². The summed E-state index contributed by atoms with van der Waals surface area (Å²) < 4.78 is 45.5. The SMILES string of the molecule is C[C@@H]1CN([C@H](C)CO)C(=O)c2cccc(NC(=O)C3CCCCC3)c2O[C@@H]1CN(C)Cc1ccc(C(F)(F)F)cc1. The van der Waals surface area contributed by atoms with Crippen molar-refractivity contribution in [3.63, 3.8) is 0 Å². The normalized spacial score (nSPS) is 21.1. The second kappa shape index (κ2) is 13.2. The van der Waals surface area contributed by atoms with E-state index >= 15 is 0 Å². The first-order valence-electron chi connectivity index (χ1n) is 14.3. The Hall–Kier alpha value is -3.11. The van der Waals surface area contributed by atoms with Crippen molar-refractivity contribution in [2.75, 3.05) is 32.1 Å². The monoisotopic (exact) mass is 575 g/mol. The number of aliphatic hydroxyl groups is 1. The Labute approximate surface area is 239 Å². The maximum absolute atomic E-state index is 13.7. The molecule has 1 saturated carbocycles. The van der Waals surface area contributed by atoms with Gasteiger partial charge in [-0.05, 0) is 56.6 Å². The van der Waals surface area contributed by atoms with Gasteiger partial charge in [-0.3, -0.25) is 14.5 Å². The summed E-state index contributed by atoms with van der Waals surface area (Å²) in [6.45, 7) is 4.71. The molecule has 0 aromatic heterocycles. The lowest BCUT2D eigenvalue weighted by Gasteiger charge is -2.38. The zero-order valence-corrected chi connectivity index (χ0v) is 23.9. The number of fused-ring (bicyclic) bond motifs is 1. The van der Waals surface area contributed by atoms with Gasteiger partial charge in [0.2, 0.25) is 5.91 Å². The van der Waals surface area contributed by atoms with E-state index in [9.17, 15) is 27.9 Å². The summed E-state index contributed by atoms with van der Waals surface area (Å²) in [5.74, 6) is -0.298. The van der Waals surface area contributed by atoms with Crippen molar-refractivity contribution in [1.29, 1.82) is 0 Å². The average Bonchev–Trinajstić information content (AvgIpc) is 2.95. The van der Waals surface area contributed by atoms with Crippen molar-refractivity contribution < 1.29 is 32.6 Å². The van der Waals surface area contributed by atoms with Crippen LogP contribution in [0.1, 0.15) is 67.4 Å². The van der Waals surface area contributed by atoms with Gasteiger partial charge < -0.3 is 20.1 Å². The Morgan fingerprint density at radius 3 is 2.46 bits per heavy atom. The van der Waals surface area contributed by atoms with Gasteiger partial charge in [-0.1, -0.05) is 44.4 Å². The standard InChI is InChI=1S/C31H40F3N3O4/c1-20-16-37(21(2)19-38)30(40)25-10-7-11-26(35-29(39)23-8-5-4-6-9-23)28(25)41-27(20)18-36(3)17-22-12-14-24(15-13-22)31(32,33)34/h7,10-15,20-21,23,27,38H,4-6,8-9,16-19H2,1-3H3,(H,35,39)/t20-,21-,27-/m1/s1. The van der Waals surface area contributed by atoms with Crippen molar-refractivity contribution in [2.24, 2.45) is 11.8 Å². The molecule has 2 aliphatic rings. The van der Waals surface area contributed by atoms with E-state index in [0.29, 0.717) is 36.6 Å². The Kier molecular flexibility index (Phi) is 9.96. The van der Waals surface area contributed by atoms with E-state index in [4.69, 9.17) is 4.74 Å². The lowest BCUT2D eigenvalue weighted by atomic mass is 9.88. The van der Waals surface area contributed by atoms with Crippen LogP contribution >= 0.6 is 0 Å². The zero-order valence-electron chi connectivity index (χ0n) is 23.9. The number of carbonyl (C=O) groups excluding carboxylic acids is 2. The Balaban J connectivity index is 1.60. The summed E-state index contributed by atoms with van der Waals surface area (Å²) in [4.78, 5) is 30.4. The second-order valence-corrected chi connectivity index (χ2v) is 11.5. The van der Waals surface area contributed by atoms with E-state index in [1.807, 2.05) is 18.9 Å². The summed E-state index contributed by atoms with van der Waals surface area (Å²) in [6.07, 6.45) is 0.00719. The number of rotatable bonds is 8. The van der Waals surface area contributed by atoms with Crippen LogP contribution in [0.4, 0.5) is 18.9 Å². The third-order valence-electron chi connectivity index (χ3n) is 8.15. The molecule has 0 unspecified atom stereocenters. The highest BCUT2D eigenvalue weighted by Gasteiger charge is 2.35. The molecule has 7 nitrogen and oxygen atoms in total. The van der Waals surface area contributed by atoms with Crippen LogP contribution in [-0.4, -0.2) is 65.6 Å². The van der Waals surface area contributed by atoms with Crippen molar-refractivity contribution in [3.8, 4) is 5.75 Å². The number of ether oxygens (including phenoxy) is 1. The lowest BCUT2D eigenvalue weighted by Crippen LogP contribution is -2.49. The van der Waals surface area contributed by atoms with E-state index in [0.717, 1.165) is 49.8 Å². The molecule has 0 bridgehead atoms. The molecule has 10 heteroatoms. The third-order valence-corrected chi connectivity index (χ3v) is 8.15. The molecule has 2 amide bonds. The van der Waals surface area contributed by atoms with Crippen molar-refractivity contribution in [2.45, 2.75) is 70.8 Å². The summed E-state index contributed by atoms with van der Waals surface area (Å²) in [7, 11) is 1.86. The molecular formula is C31H40F3N3O4. The summed E-state index contributed by atoms with van der Waals surface area (Å²) in [5.41, 5.74) is 0.787. The van der Waals surface area contributed by atoms with Gasteiger partial charge in [0, 0.05) is 31.5 Å². The third kappa shape index (κ3) is 7.60. The average molecular weight is 576 g/mol. The van der Waals surface area contributed by atoms with Gasteiger partial charge >= 0.3 is 6.18 Å². The highest BCUT2D eigenvalue weighted by atomic mass is 19.4. The highest BCUT2D eigenvalue weighted by Crippen LogP contribution is 2.36. The van der Waals surface area contributed by atoms with Crippen LogP contribution in [-0.2, 0) is 17.5 Å². The molecule has 2 aromatic carbocycles. The molecule has 2 N–H and O–H groups in total. The first-order chi connectivity index (χ1) is 19.5. The van der Waals surface area contributed by atoms with Crippen molar-refractivity contribution in [1.82, 2.24) is 9.80 Å². The van der Waals surface area contributed by atoms with E-state index in [1.54, 1.807) is 30.0 Å². The predicted octanol–water partition coefficient (Wildman–Crippen LogP) is 5.58. The topological polar surface area (TPSA) is 82.1 Å². The largest absolute Gasteiger partial charge is 0.486 e. The first-order valence-corrected chi connectivity index (χ1v) is 14.3. The van der Waals surface area contributed by atoms with Crippen LogP contribution in [0.2, 0.25) is 0 Å². The van der Waals surface area contributed by atoms with Gasteiger partial charge in [-0.25, -0.2) is 0 Å². The summed E-state index contributed by atoms with van der Waals surface area (Å²) in [5, 5.41) is 12.9. The number of benzene rings is 2. The maximum atomic E-state index is 13.7. The molecule has 1 fully saturated rings. The number of alkyl halides is 3. The van der Waals surface area contributed by atoms with Crippen LogP contribution in [0.3, 0.4) is 0 Å². The fraction of sp³-hybridized carbons (Fsp3) is 0.548. The molecule has 1 aliphatic carbocycles. The Bertz CT molecular complexity index is 1200. The van der Waals surface area contributed by atoms with Gasteiger partial charge in [0.05, 0.1) is 29.5 Å². The number of amides is 2. The first kappa shape index (κ1) is 30.8. The second-order valence-electron chi connectivity index (χ2n) is 11.5. The molecule has 4 rings (SSSR count). The van der Waals surface area contributed by atoms with E-state index < -0.39 is 23.9 Å². The molecule has 1 aliphatic heterocycles. The molecule has 0 spiro atoms. The lowest BCUT2D eigenvalue weighted by molar-refractivity contribution is -0.137. The minimum Gasteiger partial charge on any atom is -0.486 e. The minimum atomic E-state index is -4.39. The number of para-hydroxylation sites is 1. The molecule has 2 aromatic rings. The van der Waals surface area contributed by atoms with Crippen LogP contribution in [0.15, 0.2) is 42.5 Å². The smallest absolute Gasteiger partial charge is 0.416 e. The maximum Gasteiger partial charge on any atom is 0.416 e. The highest BCUT2D eigenvalue weighted by molar-refractivity contribution is 6.02. The number of likely N-dealkylation sites (N-methyl/N-ethyl adjacent to an activating group) is 1. The number of carbonyl (C=O) groups is 2.